The second-order valence-electron chi connectivity index (χ2n) is 4.61. The average Bonchev–Trinajstić information content (AvgIpc) is 2.50. The highest BCUT2D eigenvalue weighted by Crippen LogP contribution is 2.26. The van der Waals surface area contributed by atoms with Gasteiger partial charge >= 0.3 is 0 Å². The normalized spacial score (nSPS) is 10.4. The summed E-state index contributed by atoms with van der Waals surface area (Å²) in [6, 6.07) is 6.53. The van der Waals surface area contributed by atoms with Crippen molar-refractivity contribution in [1.82, 2.24) is 9.97 Å². The van der Waals surface area contributed by atoms with E-state index in [1.807, 2.05) is 0 Å². The van der Waals surface area contributed by atoms with E-state index in [9.17, 15) is 4.39 Å². The van der Waals surface area contributed by atoms with Gasteiger partial charge in [-0.3, -0.25) is 0 Å². The maximum absolute atomic E-state index is 12.8. The zero-order valence-electron chi connectivity index (χ0n) is 11.9. The molecule has 6 heteroatoms. The molecule has 1 heterocycles. The molecule has 0 atom stereocenters. The number of rotatable bonds is 7. The van der Waals surface area contributed by atoms with Gasteiger partial charge in [0.25, 0.3) is 0 Å². The van der Waals surface area contributed by atoms with Crippen LogP contribution in [-0.4, -0.2) is 23.1 Å². The highest BCUT2D eigenvalue weighted by Gasteiger charge is 2.07. The fraction of sp³-hybridized carbons (Fsp3) is 0.333. The van der Waals surface area contributed by atoms with Crippen LogP contribution in [0.3, 0.4) is 0 Å². The van der Waals surface area contributed by atoms with Crippen LogP contribution in [0.5, 0.6) is 0 Å². The zero-order chi connectivity index (χ0) is 15.1. The third-order valence-electron chi connectivity index (χ3n) is 2.95. The molecule has 2 N–H and O–H groups in total. The minimum absolute atomic E-state index is 0.211. The van der Waals surface area contributed by atoms with Crippen LogP contribution in [0.1, 0.15) is 18.9 Å². The van der Waals surface area contributed by atoms with E-state index in [2.05, 4.69) is 43.5 Å². The zero-order valence-corrected chi connectivity index (χ0v) is 13.5. The molecule has 0 bridgehead atoms. The summed E-state index contributed by atoms with van der Waals surface area (Å²) in [4.78, 5) is 8.42. The molecule has 2 rings (SSSR count). The average molecular weight is 353 g/mol. The standard InChI is InChI=1S/C15H18BrFN4/c1-2-8-18-14-13(16)15(21-10-20-14)19-9-7-11-3-5-12(17)6-4-11/h3-6,10H,2,7-9H2,1H3,(H2,18,19,20,21). The molecule has 0 amide bonds. The van der Waals surface area contributed by atoms with Gasteiger partial charge in [0, 0.05) is 13.1 Å². The third-order valence-corrected chi connectivity index (χ3v) is 3.70. The van der Waals surface area contributed by atoms with E-state index < -0.39 is 0 Å². The molecule has 0 unspecified atom stereocenters. The van der Waals surface area contributed by atoms with Crippen LogP contribution in [0.2, 0.25) is 0 Å². The number of nitrogens with one attached hydrogen (secondary N) is 2. The summed E-state index contributed by atoms with van der Waals surface area (Å²) in [6.45, 7) is 3.68. The predicted octanol–water partition coefficient (Wildman–Crippen LogP) is 3.85. The number of anilines is 2. The van der Waals surface area contributed by atoms with Crippen molar-refractivity contribution in [3.05, 3.63) is 46.4 Å². The Balaban J connectivity index is 1.92. The lowest BCUT2D eigenvalue weighted by Crippen LogP contribution is -2.09. The van der Waals surface area contributed by atoms with Crippen molar-refractivity contribution in [3.63, 3.8) is 0 Å². The van der Waals surface area contributed by atoms with Crippen molar-refractivity contribution in [2.24, 2.45) is 0 Å². The number of nitrogens with zero attached hydrogens (tertiary/aromatic N) is 2. The largest absolute Gasteiger partial charge is 0.369 e. The van der Waals surface area contributed by atoms with E-state index in [1.165, 1.54) is 18.5 Å². The van der Waals surface area contributed by atoms with Gasteiger partial charge in [-0.05, 0) is 46.5 Å². The Hall–Kier alpha value is -1.69. The lowest BCUT2D eigenvalue weighted by atomic mass is 10.1. The molecule has 0 spiro atoms. The number of halogens is 2. The van der Waals surface area contributed by atoms with Crippen LogP contribution in [0.25, 0.3) is 0 Å². The van der Waals surface area contributed by atoms with Crippen LogP contribution < -0.4 is 10.6 Å². The van der Waals surface area contributed by atoms with E-state index in [0.29, 0.717) is 6.54 Å². The molecule has 0 aliphatic rings. The summed E-state index contributed by atoms with van der Waals surface area (Å²) < 4.78 is 13.7. The first-order valence-corrected chi connectivity index (χ1v) is 7.72. The summed E-state index contributed by atoms with van der Waals surface area (Å²) in [5.41, 5.74) is 1.08. The molecule has 0 aliphatic heterocycles. The maximum atomic E-state index is 12.8. The molecule has 0 saturated heterocycles. The van der Waals surface area contributed by atoms with Crippen molar-refractivity contribution in [2.75, 3.05) is 23.7 Å². The number of hydrogen-bond donors (Lipinski definition) is 2. The van der Waals surface area contributed by atoms with Gasteiger partial charge in [0.05, 0.1) is 0 Å². The molecule has 2 aromatic rings. The highest BCUT2D eigenvalue weighted by atomic mass is 79.9. The first kappa shape index (κ1) is 15.7. The Kier molecular flexibility index (Phi) is 5.92. The van der Waals surface area contributed by atoms with Crippen molar-refractivity contribution < 1.29 is 4.39 Å². The predicted molar refractivity (Wildman–Crippen MR) is 87.1 cm³/mol. The van der Waals surface area contributed by atoms with E-state index in [1.54, 1.807) is 12.1 Å². The van der Waals surface area contributed by atoms with Crippen molar-refractivity contribution in [2.45, 2.75) is 19.8 Å². The lowest BCUT2D eigenvalue weighted by Gasteiger charge is -2.11. The van der Waals surface area contributed by atoms with Crippen molar-refractivity contribution in [1.29, 1.82) is 0 Å². The SMILES string of the molecule is CCCNc1ncnc(NCCc2ccc(F)cc2)c1Br. The second kappa shape index (κ2) is 7.93. The molecular weight excluding hydrogens is 335 g/mol. The van der Waals surface area contributed by atoms with Crippen LogP contribution in [0.15, 0.2) is 35.1 Å². The maximum Gasteiger partial charge on any atom is 0.145 e. The Labute approximate surface area is 132 Å². The molecular formula is C15H18BrFN4. The summed E-state index contributed by atoms with van der Waals surface area (Å²) in [6.07, 6.45) is 3.36. The Morgan fingerprint density at radius 3 is 2.29 bits per heavy atom. The van der Waals surface area contributed by atoms with Gasteiger partial charge < -0.3 is 10.6 Å². The van der Waals surface area contributed by atoms with E-state index in [-0.39, 0.29) is 5.82 Å². The van der Waals surface area contributed by atoms with Gasteiger partial charge in [-0.25, -0.2) is 14.4 Å². The minimum atomic E-state index is -0.211. The number of aromatic nitrogens is 2. The second-order valence-corrected chi connectivity index (χ2v) is 5.41. The fourth-order valence-electron chi connectivity index (χ4n) is 1.84. The highest BCUT2D eigenvalue weighted by molar-refractivity contribution is 9.10. The smallest absolute Gasteiger partial charge is 0.145 e. The molecule has 21 heavy (non-hydrogen) atoms. The third kappa shape index (κ3) is 4.67. The van der Waals surface area contributed by atoms with Gasteiger partial charge in [0.1, 0.15) is 28.3 Å². The first-order chi connectivity index (χ1) is 10.2. The molecule has 1 aromatic carbocycles. The summed E-state index contributed by atoms with van der Waals surface area (Å²) in [5.74, 6) is 1.33. The molecule has 4 nitrogen and oxygen atoms in total. The van der Waals surface area contributed by atoms with Gasteiger partial charge in [-0.2, -0.15) is 0 Å². The molecule has 0 radical (unpaired) electrons. The monoisotopic (exact) mass is 352 g/mol. The fourth-order valence-corrected chi connectivity index (χ4v) is 2.32. The number of hydrogen-bond acceptors (Lipinski definition) is 4. The van der Waals surface area contributed by atoms with Gasteiger partial charge in [-0.1, -0.05) is 19.1 Å². The van der Waals surface area contributed by atoms with E-state index in [4.69, 9.17) is 0 Å². The summed E-state index contributed by atoms with van der Waals surface area (Å²) in [7, 11) is 0. The lowest BCUT2D eigenvalue weighted by molar-refractivity contribution is 0.627. The van der Waals surface area contributed by atoms with Gasteiger partial charge in [-0.15, -0.1) is 0 Å². The topological polar surface area (TPSA) is 49.8 Å². The van der Waals surface area contributed by atoms with Crippen molar-refractivity contribution >= 4 is 27.6 Å². The Morgan fingerprint density at radius 1 is 1.05 bits per heavy atom. The van der Waals surface area contributed by atoms with Crippen molar-refractivity contribution in [3.8, 4) is 0 Å². The summed E-state index contributed by atoms with van der Waals surface area (Å²) >= 11 is 3.51. The number of benzene rings is 1. The molecule has 0 saturated carbocycles. The minimum Gasteiger partial charge on any atom is -0.369 e. The Bertz CT molecular complexity index is 574. The van der Waals surface area contributed by atoms with Gasteiger partial charge in [0.2, 0.25) is 0 Å². The van der Waals surface area contributed by atoms with Crippen LogP contribution >= 0.6 is 15.9 Å². The molecule has 0 aliphatic carbocycles. The van der Waals surface area contributed by atoms with Crippen LogP contribution in [0, 0.1) is 5.82 Å². The Morgan fingerprint density at radius 2 is 1.67 bits per heavy atom. The van der Waals surface area contributed by atoms with E-state index >= 15 is 0 Å². The molecule has 0 fully saturated rings. The quantitative estimate of drug-likeness (QED) is 0.794. The molecule has 1 aromatic heterocycles. The summed E-state index contributed by atoms with van der Waals surface area (Å²) in [5, 5.41) is 6.50. The molecule has 112 valence electrons. The van der Waals surface area contributed by atoms with Crippen LogP contribution in [0.4, 0.5) is 16.0 Å². The van der Waals surface area contributed by atoms with E-state index in [0.717, 1.165) is 41.1 Å². The van der Waals surface area contributed by atoms with Gasteiger partial charge in [0.15, 0.2) is 0 Å². The van der Waals surface area contributed by atoms with Crippen LogP contribution in [-0.2, 0) is 6.42 Å². The first-order valence-electron chi connectivity index (χ1n) is 6.93.